The smallest absolute Gasteiger partial charge is 0.323 e. The molecule has 1 N–H and O–H groups in total. The van der Waals surface area contributed by atoms with Crippen molar-refractivity contribution in [3.05, 3.63) is 48.0 Å². The van der Waals surface area contributed by atoms with Crippen LogP contribution >= 0.6 is 0 Å². The number of carbonyl (C=O) groups excluding carboxylic acids is 1. The summed E-state index contributed by atoms with van der Waals surface area (Å²) in [5.74, 6) is -1.84. The van der Waals surface area contributed by atoms with Gasteiger partial charge in [0.1, 0.15) is 5.60 Å². The summed E-state index contributed by atoms with van der Waals surface area (Å²) in [6.07, 6.45) is 3.39. The molecule has 0 bridgehead atoms. The van der Waals surface area contributed by atoms with Gasteiger partial charge in [-0.3, -0.25) is 9.59 Å². The summed E-state index contributed by atoms with van der Waals surface area (Å²) in [6.45, 7) is 2.78. The first-order valence-corrected chi connectivity index (χ1v) is 8.31. The van der Waals surface area contributed by atoms with Gasteiger partial charge >= 0.3 is 11.9 Å². The molecule has 0 spiro atoms. The van der Waals surface area contributed by atoms with Crippen molar-refractivity contribution >= 4 is 22.7 Å². The molecule has 0 saturated heterocycles. The lowest BCUT2D eigenvalue weighted by atomic mass is 9.88. The van der Waals surface area contributed by atoms with Crippen LogP contribution in [0.1, 0.15) is 45.1 Å². The van der Waals surface area contributed by atoms with Crippen LogP contribution < -0.4 is 0 Å². The summed E-state index contributed by atoms with van der Waals surface area (Å²) >= 11 is 0. The third kappa shape index (κ3) is 2.77. The standard InChI is InChI=1S/C20H22O4/c1-19(2,17(21)22)18(23)24-20(11-5-6-12-20)16-10-9-14-7-3-4-8-15(14)13-16/h3-4,7-10,13H,5-6,11-12H2,1-2H3,(H,21,22). The topological polar surface area (TPSA) is 63.6 Å². The Morgan fingerprint density at radius 1 is 1.04 bits per heavy atom. The number of carbonyl (C=O) groups is 2. The van der Waals surface area contributed by atoms with Crippen LogP contribution in [-0.4, -0.2) is 17.0 Å². The van der Waals surface area contributed by atoms with E-state index in [0.717, 1.165) is 42.0 Å². The maximum absolute atomic E-state index is 12.5. The quantitative estimate of drug-likeness (QED) is 0.673. The second-order valence-corrected chi connectivity index (χ2v) is 7.08. The zero-order valence-electron chi connectivity index (χ0n) is 14.0. The maximum atomic E-state index is 12.5. The molecule has 24 heavy (non-hydrogen) atoms. The van der Waals surface area contributed by atoms with E-state index in [1.165, 1.54) is 13.8 Å². The molecule has 1 fully saturated rings. The van der Waals surface area contributed by atoms with Gasteiger partial charge in [-0.15, -0.1) is 0 Å². The van der Waals surface area contributed by atoms with Crippen LogP contribution in [0.2, 0.25) is 0 Å². The molecular weight excluding hydrogens is 304 g/mol. The fourth-order valence-corrected chi connectivity index (χ4v) is 3.26. The van der Waals surface area contributed by atoms with Gasteiger partial charge in [0.05, 0.1) is 0 Å². The molecule has 4 nitrogen and oxygen atoms in total. The SMILES string of the molecule is CC(C)(C(=O)O)C(=O)OC1(c2ccc3ccccc3c2)CCCC1. The highest BCUT2D eigenvalue weighted by atomic mass is 16.6. The van der Waals surface area contributed by atoms with Gasteiger partial charge in [-0.2, -0.15) is 0 Å². The summed E-state index contributed by atoms with van der Waals surface area (Å²) in [7, 11) is 0. The molecule has 1 aliphatic carbocycles. The molecule has 0 aromatic heterocycles. The van der Waals surface area contributed by atoms with Crippen molar-refractivity contribution in [1.29, 1.82) is 0 Å². The third-order valence-corrected chi connectivity index (χ3v) is 5.02. The fourth-order valence-electron chi connectivity index (χ4n) is 3.26. The number of ether oxygens (including phenoxy) is 1. The normalized spacial score (nSPS) is 16.9. The number of esters is 1. The first-order chi connectivity index (χ1) is 11.3. The van der Waals surface area contributed by atoms with Crippen LogP contribution in [0.3, 0.4) is 0 Å². The van der Waals surface area contributed by atoms with Crippen molar-refractivity contribution < 1.29 is 19.4 Å². The van der Waals surface area contributed by atoms with E-state index in [-0.39, 0.29) is 0 Å². The molecular formula is C20H22O4. The first-order valence-electron chi connectivity index (χ1n) is 8.31. The Labute approximate surface area is 141 Å². The molecule has 1 saturated carbocycles. The Bertz CT molecular complexity index is 785. The maximum Gasteiger partial charge on any atom is 0.323 e. The molecule has 0 atom stereocenters. The number of fused-ring (bicyclic) bond motifs is 1. The Morgan fingerprint density at radius 2 is 1.67 bits per heavy atom. The lowest BCUT2D eigenvalue weighted by molar-refractivity contribution is -0.178. The molecule has 0 aliphatic heterocycles. The average Bonchev–Trinajstić information content (AvgIpc) is 3.04. The van der Waals surface area contributed by atoms with Crippen molar-refractivity contribution in [2.24, 2.45) is 5.41 Å². The van der Waals surface area contributed by atoms with E-state index in [1.54, 1.807) is 0 Å². The van der Waals surface area contributed by atoms with Crippen LogP contribution in [0.4, 0.5) is 0 Å². The summed E-state index contributed by atoms with van der Waals surface area (Å²) < 4.78 is 5.84. The van der Waals surface area contributed by atoms with Gasteiger partial charge in [-0.25, -0.2) is 0 Å². The monoisotopic (exact) mass is 326 g/mol. The minimum absolute atomic E-state index is 0.676. The molecule has 2 aromatic carbocycles. The van der Waals surface area contributed by atoms with Gasteiger partial charge in [0.25, 0.3) is 0 Å². The van der Waals surface area contributed by atoms with E-state index in [0.29, 0.717) is 0 Å². The van der Waals surface area contributed by atoms with Gasteiger partial charge in [0.15, 0.2) is 5.41 Å². The molecule has 4 heteroatoms. The summed E-state index contributed by atoms with van der Waals surface area (Å²) in [6, 6.07) is 14.1. The minimum Gasteiger partial charge on any atom is -0.480 e. The van der Waals surface area contributed by atoms with Gasteiger partial charge in [0.2, 0.25) is 0 Å². The highest BCUT2D eigenvalue weighted by Gasteiger charge is 2.45. The predicted molar refractivity (Wildman–Crippen MR) is 91.6 cm³/mol. The van der Waals surface area contributed by atoms with E-state index in [9.17, 15) is 14.7 Å². The Balaban J connectivity index is 1.98. The first kappa shape index (κ1) is 16.5. The Kier molecular flexibility index (Phi) is 4.08. The van der Waals surface area contributed by atoms with Gasteiger partial charge in [0, 0.05) is 0 Å². The van der Waals surface area contributed by atoms with E-state index >= 15 is 0 Å². The molecule has 3 rings (SSSR count). The van der Waals surface area contributed by atoms with Crippen LogP contribution in [0, 0.1) is 5.41 Å². The van der Waals surface area contributed by atoms with Crippen LogP contribution in [0.15, 0.2) is 42.5 Å². The highest BCUT2D eigenvalue weighted by Crippen LogP contribution is 2.44. The molecule has 0 unspecified atom stereocenters. The summed E-state index contributed by atoms with van der Waals surface area (Å²) in [5, 5.41) is 11.5. The lowest BCUT2D eigenvalue weighted by Gasteiger charge is -2.32. The lowest BCUT2D eigenvalue weighted by Crippen LogP contribution is -2.40. The molecule has 126 valence electrons. The number of carboxylic acid groups (broad SMARTS) is 1. The second kappa shape index (κ2) is 5.93. The molecule has 0 amide bonds. The predicted octanol–water partition coefficient (Wildman–Crippen LogP) is 4.26. The molecule has 0 heterocycles. The van der Waals surface area contributed by atoms with E-state index in [4.69, 9.17) is 4.74 Å². The number of hydrogen-bond donors (Lipinski definition) is 1. The highest BCUT2D eigenvalue weighted by molar-refractivity contribution is 5.98. The van der Waals surface area contributed by atoms with Gasteiger partial charge in [-0.05, 0) is 61.9 Å². The Hall–Kier alpha value is -2.36. The number of rotatable bonds is 4. The van der Waals surface area contributed by atoms with E-state index in [2.05, 4.69) is 6.07 Å². The van der Waals surface area contributed by atoms with Crippen LogP contribution in [0.5, 0.6) is 0 Å². The number of hydrogen-bond acceptors (Lipinski definition) is 3. The van der Waals surface area contributed by atoms with Crippen molar-refractivity contribution in [2.75, 3.05) is 0 Å². The van der Waals surface area contributed by atoms with Crippen molar-refractivity contribution in [3.63, 3.8) is 0 Å². The van der Waals surface area contributed by atoms with Crippen LogP contribution in [0.25, 0.3) is 10.8 Å². The summed E-state index contributed by atoms with van der Waals surface area (Å²) in [5.41, 5.74) is -1.31. The fraction of sp³-hybridized carbons (Fsp3) is 0.400. The van der Waals surface area contributed by atoms with Gasteiger partial charge < -0.3 is 9.84 Å². The molecule has 1 aliphatic rings. The van der Waals surface area contributed by atoms with E-state index in [1.807, 2.05) is 36.4 Å². The zero-order valence-corrected chi connectivity index (χ0v) is 14.0. The van der Waals surface area contributed by atoms with E-state index < -0.39 is 23.0 Å². The molecule has 2 aromatic rings. The largest absolute Gasteiger partial charge is 0.480 e. The van der Waals surface area contributed by atoms with Crippen molar-refractivity contribution in [1.82, 2.24) is 0 Å². The minimum atomic E-state index is -1.55. The molecule has 0 radical (unpaired) electrons. The third-order valence-electron chi connectivity index (χ3n) is 5.02. The average molecular weight is 326 g/mol. The Morgan fingerprint density at radius 3 is 2.29 bits per heavy atom. The number of benzene rings is 2. The van der Waals surface area contributed by atoms with Crippen LogP contribution in [-0.2, 0) is 19.9 Å². The second-order valence-electron chi connectivity index (χ2n) is 7.08. The summed E-state index contributed by atoms with van der Waals surface area (Å²) in [4.78, 5) is 23.9. The number of carboxylic acids is 1. The number of aliphatic carboxylic acids is 1. The zero-order chi connectivity index (χ0) is 17.4. The van der Waals surface area contributed by atoms with Crippen molar-refractivity contribution in [2.45, 2.75) is 45.1 Å². The van der Waals surface area contributed by atoms with Gasteiger partial charge in [-0.1, -0.05) is 36.4 Å². The van der Waals surface area contributed by atoms with Crippen molar-refractivity contribution in [3.8, 4) is 0 Å².